The molecular weight excluding hydrogens is 228 g/mol. The second kappa shape index (κ2) is 6.94. The molecule has 0 spiro atoms. The van der Waals surface area contributed by atoms with Gasteiger partial charge in [0.25, 0.3) is 0 Å². The van der Waals surface area contributed by atoms with Crippen molar-refractivity contribution in [3.63, 3.8) is 0 Å². The molecule has 0 aliphatic heterocycles. The fourth-order valence-electron chi connectivity index (χ4n) is 1.43. The summed E-state index contributed by atoms with van der Waals surface area (Å²) in [5.41, 5.74) is 1.08. The predicted octanol–water partition coefficient (Wildman–Crippen LogP) is 3.16. The van der Waals surface area contributed by atoms with Crippen LogP contribution in [0, 0.1) is 5.92 Å². The Morgan fingerprint density at radius 2 is 1.83 bits per heavy atom. The molecular formula is C15H20O3. The summed E-state index contributed by atoms with van der Waals surface area (Å²) in [6, 6.07) is 7.33. The minimum Gasteiger partial charge on any atom is -0.426 e. The number of carbonyl (C=O) groups is 2. The predicted molar refractivity (Wildman–Crippen MR) is 70.5 cm³/mol. The minimum absolute atomic E-state index is 0.0811. The largest absolute Gasteiger partial charge is 0.426 e. The second-order valence-corrected chi connectivity index (χ2v) is 4.58. The number of Topliss-reactive ketones (excluding diaryl/α,β-unsaturated/α-hetero) is 1. The standard InChI is InChI=1S/C15H20O3/c1-4-11(2)15(17)18-14-9-7-13(8-10-14)6-5-12(3)16/h7-11H,4-6H2,1-3H3/t11-/m0/s1. The quantitative estimate of drug-likeness (QED) is 0.573. The first-order valence-electron chi connectivity index (χ1n) is 6.33. The molecule has 98 valence electrons. The Kier molecular flexibility index (Phi) is 5.56. The molecule has 0 heterocycles. The number of rotatable bonds is 6. The van der Waals surface area contributed by atoms with E-state index in [1.165, 1.54) is 0 Å². The van der Waals surface area contributed by atoms with Crippen LogP contribution in [0.1, 0.15) is 39.2 Å². The molecule has 0 N–H and O–H groups in total. The zero-order chi connectivity index (χ0) is 13.5. The molecule has 0 radical (unpaired) electrons. The molecule has 0 saturated heterocycles. The van der Waals surface area contributed by atoms with Gasteiger partial charge >= 0.3 is 5.97 Å². The van der Waals surface area contributed by atoms with Crippen molar-refractivity contribution in [2.75, 3.05) is 0 Å². The van der Waals surface area contributed by atoms with E-state index >= 15 is 0 Å². The first-order chi connectivity index (χ1) is 8.52. The van der Waals surface area contributed by atoms with Crippen molar-refractivity contribution in [3.8, 4) is 5.75 Å². The van der Waals surface area contributed by atoms with Gasteiger partial charge in [0.05, 0.1) is 5.92 Å². The van der Waals surface area contributed by atoms with E-state index in [1.807, 2.05) is 26.0 Å². The Morgan fingerprint density at radius 3 is 2.33 bits per heavy atom. The molecule has 3 nitrogen and oxygen atoms in total. The molecule has 18 heavy (non-hydrogen) atoms. The van der Waals surface area contributed by atoms with Gasteiger partial charge in [-0.05, 0) is 37.5 Å². The topological polar surface area (TPSA) is 43.4 Å². The summed E-state index contributed by atoms with van der Waals surface area (Å²) in [6.07, 6.45) is 2.05. The van der Waals surface area contributed by atoms with Crippen LogP contribution in [-0.2, 0) is 16.0 Å². The summed E-state index contributed by atoms with van der Waals surface area (Å²) in [6.45, 7) is 5.39. The Hall–Kier alpha value is -1.64. The molecule has 1 atom stereocenters. The van der Waals surface area contributed by atoms with Crippen LogP contribution in [0.5, 0.6) is 5.75 Å². The van der Waals surface area contributed by atoms with E-state index in [9.17, 15) is 9.59 Å². The van der Waals surface area contributed by atoms with Crippen LogP contribution in [0.15, 0.2) is 24.3 Å². The number of esters is 1. The highest BCUT2D eigenvalue weighted by Gasteiger charge is 2.12. The fraction of sp³-hybridized carbons (Fsp3) is 0.467. The molecule has 0 fully saturated rings. The molecule has 0 bridgehead atoms. The minimum atomic E-state index is -0.200. The van der Waals surface area contributed by atoms with Gasteiger partial charge in [0, 0.05) is 6.42 Å². The van der Waals surface area contributed by atoms with Crippen LogP contribution >= 0.6 is 0 Å². The highest BCUT2D eigenvalue weighted by Crippen LogP contribution is 2.15. The van der Waals surface area contributed by atoms with Crippen molar-refractivity contribution in [3.05, 3.63) is 29.8 Å². The van der Waals surface area contributed by atoms with Crippen LogP contribution in [0.25, 0.3) is 0 Å². The maximum absolute atomic E-state index is 11.6. The molecule has 1 aromatic rings. The maximum Gasteiger partial charge on any atom is 0.314 e. The third-order valence-corrected chi connectivity index (χ3v) is 2.92. The Labute approximate surface area is 108 Å². The third-order valence-electron chi connectivity index (χ3n) is 2.92. The van der Waals surface area contributed by atoms with Crippen LogP contribution in [0.4, 0.5) is 0 Å². The average molecular weight is 248 g/mol. The number of aryl methyl sites for hydroxylation is 1. The van der Waals surface area contributed by atoms with Gasteiger partial charge in [-0.1, -0.05) is 26.0 Å². The van der Waals surface area contributed by atoms with Crippen molar-refractivity contribution in [2.45, 2.75) is 40.0 Å². The maximum atomic E-state index is 11.6. The van der Waals surface area contributed by atoms with Gasteiger partial charge in [-0.2, -0.15) is 0 Å². The number of benzene rings is 1. The molecule has 0 amide bonds. The lowest BCUT2D eigenvalue weighted by Gasteiger charge is -2.09. The smallest absolute Gasteiger partial charge is 0.314 e. The third kappa shape index (κ3) is 4.70. The fourth-order valence-corrected chi connectivity index (χ4v) is 1.43. The average Bonchev–Trinajstić information content (AvgIpc) is 2.36. The Morgan fingerprint density at radius 1 is 1.22 bits per heavy atom. The van der Waals surface area contributed by atoms with Crippen molar-refractivity contribution >= 4 is 11.8 Å². The SMILES string of the molecule is CC[C@H](C)C(=O)Oc1ccc(CCC(C)=O)cc1. The number of hydrogen-bond donors (Lipinski definition) is 0. The highest BCUT2D eigenvalue weighted by atomic mass is 16.5. The molecule has 0 aliphatic carbocycles. The van der Waals surface area contributed by atoms with Crippen molar-refractivity contribution in [1.29, 1.82) is 0 Å². The first-order valence-corrected chi connectivity index (χ1v) is 6.33. The summed E-state index contributed by atoms with van der Waals surface area (Å²) in [5.74, 6) is 0.463. The molecule has 0 saturated carbocycles. The monoisotopic (exact) mass is 248 g/mol. The molecule has 1 rings (SSSR count). The normalized spacial score (nSPS) is 11.9. The number of carbonyl (C=O) groups excluding carboxylic acids is 2. The molecule has 1 aromatic carbocycles. The summed E-state index contributed by atoms with van der Waals surface area (Å²) in [4.78, 5) is 22.4. The van der Waals surface area contributed by atoms with E-state index in [4.69, 9.17) is 4.74 Å². The Balaban J connectivity index is 2.55. The Bertz CT molecular complexity index is 406. The summed E-state index contributed by atoms with van der Waals surface area (Å²) in [7, 11) is 0. The number of ketones is 1. The summed E-state index contributed by atoms with van der Waals surface area (Å²) < 4.78 is 5.24. The second-order valence-electron chi connectivity index (χ2n) is 4.58. The van der Waals surface area contributed by atoms with E-state index < -0.39 is 0 Å². The lowest BCUT2D eigenvalue weighted by Crippen LogP contribution is -2.16. The van der Waals surface area contributed by atoms with Gasteiger partial charge in [0.1, 0.15) is 11.5 Å². The summed E-state index contributed by atoms with van der Waals surface area (Å²) >= 11 is 0. The van der Waals surface area contributed by atoms with Gasteiger partial charge in [0.15, 0.2) is 0 Å². The number of ether oxygens (including phenoxy) is 1. The van der Waals surface area contributed by atoms with E-state index in [-0.39, 0.29) is 17.7 Å². The molecule has 0 unspecified atom stereocenters. The van der Waals surface area contributed by atoms with Crippen molar-refractivity contribution < 1.29 is 14.3 Å². The van der Waals surface area contributed by atoms with Gasteiger partial charge in [0.2, 0.25) is 0 Å². The zero-order valence-electron chi connectivity index (χ0n) is 11.2. The lowest BCUT2D eigenvalue weighted by molar-refractivity contribution is -0.138. The molecule has 0 aromatic heterocycles. The van der Waals surface area contributed by atoms with Gasteiger partial charge in [-0.15, -0.1) is 0 Å². The summed E-state index contributed by atoms with van der Waals surface area (Å²) in [5, 5.41) is 0. The van der Waals surface area contributed by atoms with E-state index in [1.54, 1.807) is 19.1 Å². The van der Waals surface area contributed by atoms with Crippen LogP contribution < -0.4 is 4.74 Å². The molecule has 3 heteroatoms. The van der Waals surface area contributed by atoms with Gasteiger partial charge < -0.3 is 9.53 Å². The highest BCUT2D eigenvalue weighted by molar-refractivity contribution is 5.76. The van der Waals surface area contributed by atoms with Crippen molar-refractivity contribution in [2.24, 2.45) is 5.92 Å². The van der Waals surface area contributed by atoms with Gasteiger partial charge in [-0.25, -0.2) is 0 Å². The van der Waals surface area contributed by atoms with E-state index in [2.05, 4.69) is 0 Å². The van der Waals surface area contributed by atoms with Crippen LogP contribution in [0.2, 0.25) is 0 Å². The van der Waals surface area contributed by atoms with E-state index in [0.717, 1.165) is 18.4 Å². The zero-order valence-corrected chi connectivity index (χ0v) is 11.2. The van der Waals surface area contributed by atoms with Crippen LogP contribution in [0.3, 0.4) is 0 Å². The van der Waals surface area contributed by atoms with Crippen molar-refractivity contribution in [1.82, 2.24) is 0 Å². The number of hydrogen-bond acceptors (Lipinski definition) is 3. The first kappa shape index (κ1) is 14.4. The lowest BCUT2D eigenvalue weighted by atomic mass is 10.1. The van der Waals surface area contributed by atoms with Crippen LogP contribution in [-0.4, -0.2) is 11.8 Å². The van der Waals surface area contributed by atoms with E-state index in [0.29, 0.717) is 12.2 Å². The molecule has 0 aliphatic rings. The van der Waals surface area contributed by atoms with Gasteiger partial charge in [-0.3, -0.25) is 4.79 Å².